The Kier molecular flexibility index (Phi) is 45.7. The Balaban J connectivity index is 3.53. The van der Waals surface area contributed by atoms with Crippen molar-refractivity contribution in [1.29, 1.82) is 0 Å². The van der Waals surface area contributed by atoms with E-state index in [1.807, 2.05) is 6.08 Å². The van der Waals surface area contributed by atoms with Gasteiger partial charge in [-0.3, -0.25) is 9.59 Å². The summed E-state index contributed by atoms with van der Waals surface area (Å²) in [4.78, 5) is 24.4. The number of carbonyl (C=O) groups excluding carboxylic acids is 2. The molecule has 2 atom stereocenters. The van der Waals surface area contributed by atoms with Gasteiger partial charge in [0.15, 0.2) is 0 Å². The lowest BCUT2D eigenvalue weighted by molar-refractivity contribution is -0.143. The number of esters is 1. The van der Waals surface area contributed by atoms with E-state index in [1.165, 1.54) is 128 Å². The third-order valence-corrected chi connectivity index (χ3v) is 11.1. The predicted molar refractivity (Wildman–Crippen MR) is 250 cm³/mol. The van der Waals surface area contributed by atoms with Crippen molar-refractivity contribution in [2.24, 2.45) is 0 Å². The second-order valence-corrected chi connectivity index (χ2v) is 16.8. The molecule has 0 aliphatic carbocycles. The van der Waals surface area contributed by atoms with Crippen LogP contribution in [0, 0.1) is 0 Å². The molecule has 0 aromatic heterocycles. The van der Waals surface area contributed by atoms with Gasteiger partial charge in [-0.2, -0.15) is 0 Å². The average Bonchev–Trinajstić information content (AvgIpc) is 3.22. The highest BCUT2D eigenvalue weighted by atomic mass is 16.5. The number of unbranched alkanes of at least 4 members (excludes halogenated alkanes) is 28. The monoisotopic (exact) mass is 814 g/mol. The minimum absolute atomic E-state index is 0.0330. The number of aliphatic hydroxyl groups excluding tert-OH is 2. The number of rotatable bonds is 45. The van der Waals surface area contributed by atoms with Crippen molar-refractivity contribution in [2.45, 2.75) is 257 Å². The van der Waals surface area contributed by atoms with Gasteiger partial charge in [0, 0.05) is 12.8 Å². The lowest BCUT2D eigenvalue weighted by atomic mass is 10.1. The fourth-order valence-electron chi connectivity index (χ4n) is 7.18. The van der Waals surface area contributed by atoms with Crippen molar-refractivity contribution in [2.75, 3.05) is 13.2 Å². The van der Waals surface area contributed by atoms with E-state index in [4.69, 9.17) is 4.74 Å². The molecule has 2 unspecified atom stereocenters. The molecule has 1 amide bonds. The van der Waals surface area contributed by atoms with E-state index >= 15 is 0 Å². The van der Waals surface area contributed by atoms with Gasteiger partial charge in [-0.25, -0.2) is 0 Å². The first-order valence-corrected chi connectivity index (χ1v) is 24.9. The van der Waals surface area contributed by atoms with Crippen molar-refractivity contribution in [3.63, 3.8) is 0 Å². The van der Waals surface area contributed by atoms with Gasteiger partial charge in [0.05, 0.1) is 25.4 Å². The van der Waals surface area contributed by atoms with Crippen LogP contribution < -0.4 is 5.32 Å². The number of hydrogen-bond donors (Lipinski definition) is 3. The number of amides is 1. The van der Waals surface area contributed by atoms with Crippen molar-refractivity contribution in [3.05, 3.63) is 48.6 Å². The van der Waals surface area contributed by atoms with Crippen molar-refractivity contribution < 1.29 is 24.5 Å². The summed E-state index contributed by atoms with van der Waals surface area (Å²) in [7, 11) is 0. The SMILES string of the molecule is CCCCCC/C=C\C/C=C\CCCCCCCCCC(=O)OCCCCC/C=C\CCCCCCCC(=O)NC(CO)C(O)/C=C/CCCCCCCCCCC. The van der Waals surface area contributed by atoms with Gasteiger partial charge in [-0.15, -0.1) is 0 Å². The molecule has 0 saturated heterocycles. The summed E-state index contributed by atoms with van der Waals surface area (Å²) in [6.07, 6.45) is 58.2. The number of aliphatic hydroxyl groups is 2. The largest absolute Gasteiger partial charge is 0.466 e. The van der Waals surface area contributed by atoms with Gasteiger partial charge >= 0.3 is 5.97 Å². The summed E-state index contributed by atoms with van der Waals surface area (Å²) < 4.78 is 5.44. The lowest BCUT2D eigenvalue weighted by Gasteiger charge is -2.20. The molecular weight excluding hydrogens is 719 g/mol. The highest BCUT2D eigenvalue weighted by Gasteiger charge is 2.18. The molecule has 0 aliphatic rings. The summed E-state index contributed by atoms with van der Waals surface area (Å²) in [6.45, 7) is 4.79. The van der Waals surface area contributed by atoms with Crippen molar-refractivity contribution >= 4 is 11.9 Å². The summed E-state index contributed by atoms with van der Waals surface area (Å²) in [5.41, 5.74) is 0. The molecule has 338 valence electrons. The molecule has 0 radical (unpaired) electrons. The van der Waals surface area contributed by atoms with Crippen LogP contribution in [0.3, 0.4) is 0 Å². The lowest BCUT2D eigenvalue weighted by Crippen LogP contribution is -2.45. The topological polar surface area (TPSA) is 95.9 Å². The zero-order chi connectivity index (χ0) is 42.3. The first kappa shape index (κ1) is 55.8. The second-order valence-electron chi connectivity index (χ2n) is 16.8. The van der Waals surface area contributed by atoms with Crippen LogP contribution in [0.4, 0.5) is 0 Å². The average molecular weight is 814 g/mol. The van der Waals surface area contributed by atoms with E-state index in [0.717, 1.165) is 89.9 Å². The molecule has 0 heterocycles. The normalized spacial score (nSPS) is 13.1. The van der Waals surface area contributed by atoms with Crippen molar-refractivity contribution in [3.8, 4) is 0 Å². The van der Waals surface area contributed by atoms with Crippen LogP contribution in [0.15, 0.2) is 48.6 Å². The molecule has 58 heavy (non-hydrogen) atoms. The third-order valence-electron chi connectivity index (χ3n) is 11.1. The number of carbonyl (C=O) groups is 2. The standard InChI is InChI=1S/C52H95NO5/c1-3-5-7-9-11-13-15-16-17-18-19-20-21-26-30-34-38-42-46-52(57)58-47-43-39-35-31-27-23-22-25-29-33-37-41-45-51(56)53-49(48-54)50(55)44-40-36-32-28-24-14-12-10-8-6-4-2/h13,15,17-18,23,27,40,44,49-50,54-55H,3-12,14,16,19-22,24-26,28-39,41-43,45-48H2,1-2H3,(H,53,56)/b15-13-,18-17-,27-23-,44-40+. The summed E-state index contributed by atoms with van der Waals surface area (Å²) >= 11 is 0. The molecule has 6 nitrogen and oxygen atoms in total. The number of allylic oxidation sites excluding steroid dienone is 7. The maximum Gasteiger partial charge on any atom is 0.305 e. The molecule has 0 aliphatic heterocycles. The highest BCUT2D eigenvalue weighted by Crippen LogP contribution is 2.14. The molecule has 0 spiro atoms. The van der Waals surface area contributed by atoms with E-state index < -0.39 is 12.1 Å². The Hall–Kier alpha value is -2.18. The van der Waals surface area contributed by atoms with E-state index in [2.05, 4.69) is 55.6 Å². The van der Waals surface area contributed by atoms with Crippen LogP contribution in [0.25, 0.3) is 0 Å². The van der Waals surface area contributed by atoms with E-state index in [-0.39, 0.29) is 18.5 Å². The fourth-order valence-corrected chi connectivity index (χ4v) is 7.18. The number of ether oxygens (including phenoxy) is 1. The Bertz CT molecular complexity index is 988. The van der Waals surface area contributed by atoms with Crippen LogP contribution in [0.5, 0.6) is 0 Å². The molecule has 0 saturated carbocycles. The molecule has 0 aromatic rings. The third kappa shape index (κ3) is 43.4. The van der Waals surface area contributed by atoms with Gasteiger partial charge in [-0.05, 0) is 96.3 Å². The molecule has 0 aromatic carbocycles. The van der Waals surface area contributed by atoms with Crippen LogP contribution in [0.1, 0.15) is 245 Å². The molecule has 0 fully saturated rings. The van der Waals surface area contributed by atoms with Crippen molar-refractivity contribution in [1.82, 2.24) is 5.32 Å². The van der Waals surface area contributed by atoms with Gasteiger partial charge in [0.25, 0.3) is 0 Å². The maximum atomic E-state index is 12.4. The first-order chi connectivity index (χ1) is 28.5. The fraction of sp³-hybridized carbons (Fsp3) is 0.808. The van der Waals surface area contributed by atoms with Gasteiger partial charge in [-0.1, -0.05) is 184 Å². The van der Waals surface area contributed by atoms with E-state index in [1.54, 1.807) is 6.08 Å². The number of hydrogen-bond acceptors (Lipinski definition) is 5. The smallest absolute Gasteiger partial charge is 0.305 e. The number of nitrogens with one attached hydrogen (secondary N) is 1. The zero-order valence-electron chi connectivity index (χ0n) is 38.3. The molecule has 6 heteroatoms. The Morgan fingerprint density at radius 3 is 1.34 bits per heavy atom. The Labute approximate surface area is 359 Å². The van der Waals surface area contributed by atoms with Gasteiger partial charge < -0.3 is 20.3 Å². The van der Waals surface area contributed by atoms with Gasteiger partial charge in [0.1, 0.15) is 0 Å². The molecule has 3 N–H and O–H groups in total. The maximum absolute atomic E-state index is 12.4. The molecule has 0 rings (SSSR count). The Morgan fingerprint density at radius 1 is 0.483 bits per heavy atom. The van der Waals surface area contributed by atoms with E-state index in [0.29, 0.717) is 19.4 Å². The minimum atomic E-state index is -0.860. The van der Waals surface area contributed by atoms with Crippen LogP contribution in [-0.4, -0.2) is 47.4 Å². The summed E-state index contributed by atoms with van der Waals surface area (Å²) in [5.74, 6) is -0.130. The second kappa shape index (κ2) is 47.5. The highest BCUT2D eigenvalue weighted by molar-refractivity contribution is 5.76. The first-order valence-electron chi connectivity index (χ1n) is 24.9. The van der Waals surface area contributed by atoms with Crippen LogP contribution in [-0.2, 0) is 14.3 Å². The molecule has 0 bridgehead atoms. The minimum Gasteiger partial charge on any atom is -0.466 e. The quantitative estimate of drug-likeness (QED) is 0.0323. The predicted octanol–water partition coefficient (Wildman–Crippen LogP) is 14.7. The van der Waals surface area contributed by atoms with Crippen LogP contribution in [0.2, 0.25) is 0 Å². The van der Waals surface area contributed by atoms with E-state index in [9.17, 15) is 19.8 Å². The van der Waals surface area contributed by atoms with Crippen LogP contribution >= 0.6 is 0 Å². The zero-order valence-corrected chi connectivity index (χ0v) is 38.3. The van der Waals surface area contributed by atoms with Gasteiger partial charge in [0.2, 0.25) is 5.91 Å². The Morgan fingerprint density at radius 2 is 0.862 bits per heavy atom. The summed E-state index contributed by atoms with van der Waals surface area (Å²) in [6, 6.07) is -0.646. The molecular formula is C52H95NO5. The summed E-state index contributed by atoms with van der Waals surface area (Å²) in [5, 5.41) is 22.9.